The molecule has 0 aromatic carbocycles. The van der Waals surface area contributed by atoms with Crippen molar-refractivity contribution in [3.63, 3.8) is 0 Å². The van der Waals surface area contributed by atoms with E-state index in [1.54, 1.807) is 0 Å². The zero-order valence-electron chi connectivity index (χ0n) is 10.6. The molecule has 1 saturated carbocycles. The maximum atomic E-state index is 12.2. The van der Waals surface area contributed by atoms with Crippen LogP contribution in [0.25, 0.3) is 0 Å². The molecule has 4 heteroatoms. The molecule has 1 amide bonds. The molecule has 0 aromatic heterocycles. The number of nitrogens with two attached hydrogens (primary N) is 1. The first kappa shape index (κ1) is 12.8. The van der Waals surface area contributed by atoms with Gasteiger partial charge in [-0.15, -0.1) is 0 Å². The maximum Gasteiger partial charge on any atom is 0.222 e. The van der Waals surface area contributed by atoms with Crippen LogP contribution in [0.15, 0.2) is 0 Å². The Morgan fingerprint density at radius 1 is 1.24 bits per heavy atom. The van der Waals surface area contributed by atoms with Crippen LogP contribution in [0.3, 0.4) is 0 Å². The summed E-state index contributed by atoms with van der Waals surface area (Å²) >= 11 is 0. The van der Waals surface area contributed by atoms with Crippen LogP contribution in [-0.2, 0) is 9.53 Å². The Balaban J connectivity index is 1.78. The fourth-order valence-electron chi connectivity index (χ4n) is 2.89. The third-order valence-corrected chi connectivity index (χ3v) is 3.86. The number of hydrogen-bond acceptors (Lipinski definition) is 3. The molecular formula is C13H24N2O2. The van der Waals surface area contributed by atoms with Gasteiger partial charge in [-0.1, -0.05) is 6.42 Å². The number of ether oxygens (including phenoxy) is 1. The van der Waals surface area contributed by atoms with Gasteiger partial charge in [0.25, 0.3) is 0 Å². The number of amides is 1. The van der Waals surface area contributed by atoms with E-state index in [9.17, 15) is 4.79 Å². The number of nitrogens with zero attached hydrogens (tertiary/aromatic N) is 1. The van der Waals surface area contributed by atoms with Crippen LogP contribution in [0, 0.1) is 5.92 Å². The van der Waals surface area contributed by atoms with Crippen molar-refractivity contribution in [3.8, 4) is 0 Å². The molecule has 0 spiro atoms. The van der Waals surface area contributed by atoms with Crippen molar-refractivity contribution < 1.29 is 9.53 Å². The van der Waals surface area contributed by atoms with E-state index in [1.807, 2.05) is 4.90 Å². The van der Waals surface area contributed by atoms with Crippen molar-refractivity contribution in [1.29, 1.82) is 0 Å². The molecule has 0 bridgehead atoms. The Bertz CT molecular complexity index is 250. The van der Waals surface area contributed by atoms with E-state index in [0.717, 1.165) is 39.0 Å². The van der Waals surface area contributed by atoms with Crippen molar-refractivity contribution in [2.75, 3.05) is 26.3 Å². The molecule has 98 valence electrons. The molecule has 4 nitrogen and oxygen atoms in total. The van der Waals surface area contributed by atoms with E-state index < -0.39 is 0 Å². The Labute approximate surface area is 103 Å². The van der Waals surface area contributed by atoms with Gasteiger partial charge in [-0.2, -0.15) is 0 Å². The van der Waals surface area contributed by atoms with Crippen molar-refractivity contribution in [2.45, 2.75) is 44.6 Å². The SMILES string of the molecule is NC1CCCC(CC(=O)N2CCCOCC2)C1. The highest BCUT2D eigenvalue weighted by molar-refractivity contribution is 5.76. The van der Waals surface area contributed by atoms with Crippen LogP contribution in [0.4, 0.5) is 0 Å². The number of hydrogen-bond donors (Lipinski definition) is 1. The normalized spacial score (nSPS) is 31.0. The topological polar surface area (TPSA) is 55.6 Å². The van der Waals surface area contributed by atoms with Crippen molar-refractivity contribution in [3.05, 3.63) is 0 Å². The molecule has 2 unspecified atom stereocenters. The van der Waals surface area contributed by atoms with Crippen LogP contribution in [-0.4, -0.2) is 43.2 Å². The minimum absolute atomic E-state index is 0.301. The van der Waals surface area contributed by atoms with Gasteiger partial charge in [-0.3, -0.25) is 4.79 Å². The minimum Gasteiger partial charge on any atom is -0.380 e. The van der Waals surface area contributed by atoms with Crippen LogP contribution in [0.5, 0.6) is 0 Å². The zero-order chi connectivity index (χ0) is 12.1. The maximum absolute atomic E-state index is 12.2. The van der Waals surface area contributed by atoms with Gasteiger partial charge in [0.15, 0.2) is 0 Å². The molecule has 2 N–H and O–H groups in total. The molecule has 1 aliphatic heterocycles. The van der Waals surface area contributed by atoms with Gasteiger partial charge in [-0.25, -0.2) is 0 Å². The molecule has 1 heterocycles. The first-order chi connectivity index (χ1) is 8.25. The lowest BCUT2D eigenvalue weighted by molar-refractivity contribution is -0.132. The highest BCUT2D eigenvalue weighted by Crippen LogP contribution is 2.26. The molecule has 2 fully saturated rings. The number of carbonyl (C=O) groups excluding carboxylic acids is 1. The largest absolute Gasteiger partial charge is 0.380 e. The average Bonchev–Trinajstić information content (AvgIpc) is 2.57. The van der Waals surface area contributed by atoms with E-state index in [-0.39, 0.29) is 0 Å². The van der Waals surface area contributed by atoms with Gasteiger partial charge >= 0.3 is 0 Å². The second-order valence-corrected chi connectivity index (χ2v) is 5.34. The van der Waals surface area contributed by atoms with E-state index in [1.165, 1.54) is 12.8 Å². The Morgan fingerprint density at radius 3 is 2.94 bits per heavy atom. The molecule has 0 radical (unpaired) electrons. The molecule has 1 saturated heterocycles. The molecule has 17 heavy (non-hydrogen) atoms. The summed E-state index contributed by atoms with van der Waals surface area (Å²) in [7, 11) is 0. The smallest absolute Gasteiger partial charge is 0.222 e. The summed E-state index contributed by atoms with van der Waals surface area (Å²) in [4.78, 5) is 14.1. The molecule has 0 aromatic rings. The van der Waals surface area contributed by atoms with E-state index in [0.29, 0.717) is 30.9 Å². The molecule has 2 aliphatic rings. The van der Waals surface area contributed by atoms with Gasteiger partial charge in [0.2, 0.25) is 5.91 Å². The van der Waals surface area contributed by atoms with Crippen LogP contribution < -0.4 is 5.73 Å². The number of carbonyl (C=O) groups is 1. The predicted octanol–water partition coefficient (Wildman–Crippen LogP) is 1.14. The van der Waals surface area contributed by atoms with Gasteiger partial charge in [0, 0.05) is 32.2 Å². The molecular weight excluding hydrogens is 216 g/mol. The molecule has 2 atom stereocenters. The van der Waals surface area contributed by atoms with Crippen molar-refractivity contribution >= 4 is 5.91 Å². The summed E-state index contributed by atoms with van der Waals surface area (Å²) in [5.41, 5.74) is 5.96. The summed E-state index contributed by atoms with van der Waals surface area (Å²) in [5, 5.41) is 0. The lowest BCUT2D eigenvalue weighted by Crippen LogP contribution is -2.36. The Hall–Kier alpha value is -0.610. The third kappa shape index (κ3) is 3.96. The Morgan fingerprint density at radius 2 is 2.12 bits per heavy atom. The Kier molecular flexibility index (Phi) is 4.80. The third-order valence-electron chi connectivity index (χ3n) is 3.86. The average molecular weight is 240 g/mol. The van der Waals surface area contributed by atoms with Crippen molar-refractivity contribution in [2.24, 2.45) is 11.7 Å². The zero-order valence-corrected chi connectivity index (χ0v) is 10.6. The summed E-state index contributed by atoms with van der Waals surface area (Å²) in [6.07, 6.45) is 6.16. The van der Waals surface area contributed by atoms with E-state index in [2.05, 4.69) is 0 Å². The van der Waals surface area contributed by atoms with Gasteiger partial charge < -0.3 is 15.4 Å². The summed E-state index contributed by atoms with van der Waals surface area (Å²) in [6, 6.07) is 0.314. The molecule has 1 aliphatic carbocycles. The quantitative estimate of drug-likeness (QED) is 0.787. The monoisotopic (exact) mass is 240 g/mol. The van der Waals surface area contributed by atoms with E-state index >= 15 is 0 Å². The first-order valence-corrected chi connectivity index (χ1v) is 6.87. The predicted molar refractivity (Wildman–Crippen MR) is 66.6 cm³/mol. The van der Waals surface area contributed by atoms with Crippen molar-refractivity contribution in [1.82, 2.24) is 4.90 Å². The number of rotatable bonds is 2. The summed E-state index contributed by atoms with van der Waals surface area (Å²) in [6.45, 7) is 3.10. The van der Waals surface area contributed by atoms with Crippen LogP contribution >= 0.6 is 0 Å². The fraction of sp³-hybridized carbons (Fsp3) is 0.923. The second kappa shape index (κ2) is 6.36. The molecule has 2 rings (SSSR count). The second-order valence-electron chi connectivity index (χ2n) is 5.34. The first-order valence-electron chi connectivity index (χ1n) is 6.87. The lowest BCUT2D eigenvalue weighted by Gasteiger charge is -2.28. The summed E-state index contributed by atoms with van der Waals surface area (Å²) < 4.78 is 5.37. The van der Waals surface area contributed by atoms with E-state index in [4.69, 9.17) is 10.5 Å². The highest BCUT2D eigenvalue weighted by Gasteiger charge is 2.24. The van der Waals surface area contributed by atoms with Crippen LogP contribution in [0.1, 0.15) is 38.5 Å². The standard InChI is InChI=1S/C13H24N2O2/c14-12-4-1-3-11(9-12)10-13(16)15-5-2-7-17-8-6-15/h11-12H,1-10,14H2. The minimum atomic E-state index is 0.301. The van der Waals surface area contributed by atoms with Crippen LogP contribution in [0.2, 0.25) is 0 Å². The van der Waals surface area contributed by atoms with Gasteiger partial charge in [-0.05, 0) is 31.6 Å². The lowest BCUT2D eigenvalue weighted by atomic mass is 9.84. The highest BCUT2D eigenvalue weighted by atomic mass is 16.5. The summed E-state index contributed by atoms with van der Waals surface area (Å²) in [5.74, 6) is 0.810. The fourth-order valence-corrected chi connectivity index (χ4v) is 2.89. The van der Waals surface area contributed by atoms with Gasteiger partial charge in [0.1, 0.15) is 0 Å². The van der Waals surface area contributed by atoms with Gasteiger partial charge in [0.05, 0.1) is 6.61 Å².